The lowest BCUT2D eigenvalue weighted by Crippen LogP contribution is -2.58. The monoisotopic (exact) mass is 712 g/mol. The van der Waals surface area contributed by atoms with Gasteiger partial charge in [-0.3, -0.25) is 9.05 Å². The van der Waals surface area contributed by atoms with Gasteiger partial charge in [-0.1, -0.05) is 95.1 Å². The Morgan fingerprint density at radius 3 is 2.05 bits per heavy atom. The van der Waals surface area contributed by atoms with Gasteiger partial charge in [0.1, 0.15) is 11.2 Å². The van der Waals surface area contributed by atoms with Gasteiger partial charge in [0.25, 0.3) is 0 Å². The molecular formula is C22H29Cl8N2O3PS. The Labute approximate surface area is 264 Å². The zero-order valence-electron chi connectivity index (χ0n) is 20.8. The van der Waals surface area contributed by atoms with Gasteiger partial charge in [0.2, 0.25) is 13.5 Å². The number of aromatic nitrogens is 2. The van der Waals surface area contributed by atoms with Crippen LogP contribution >= 0.6 is 99.5 Å². The summed E-state index contributed by atoms with van der Waals surface area (Å²) in [7, 11) is 0. The molecule has 5 nitrogen and oxygen atoms in total. The summed E-state index contributed by atoms with van der Waals surface area (Å²) in [5, 5.41) is 0. The molecule has 1 aromatic heterocycles. The van der Waals surface area contributed by atoms with Gasteiger partial charge < -0.3 is 4.52 Å². The van der Waals surface area contributed by atoms with Crippen LogP contribution in [-0.4, -0.2) is 35.6 Å². The van der Waals surface area contributed by atoms with Gasteiger partial charge in [-0.2, -0.15) is 4.98 Å². The molecule has 2 aliphatic rings. The van der Waals surface area contributed by atoms with E-state index < -0.39 is 24.6 Å². The van der Waals surface area contributed by atoms with Crippen LogP contribution in [-0.2, 0) is 20.9 Å². The first kappa shape index (κ1) is 34.7. The minimum atomic E-state index is -2.77. The van der Waals surface area contributed by atoms with E-state index in [2.05, 4.69) is 9.97 Å². The Kier molecular flexibility index (Phi) is 12.4. The molecule has 1 aromatic rings. The van der Waals surface area contributed by atoms with Crippen LogP contribution in [0, 0.1) is 18.3 Å². The van der Waals surface area contributed by atoms with Gasteiger partial charge in [0.05, 0.1) is 18.1 Å². The number of rotatable bonds is 7. The van der Waals surface area contributed by atoms with Crippen molar-refractivity contribution in [2.75, 3.05) is 13.2 Å². The second-order valence-electron chi connectivity index (χ2n) is 8.95. The fourth-order valence-corrected chi connectivity index (χ4v) is 11.1. The van der Waals surface area contributed by atoms with Crippen molar-refractivity contribution < 1.29 is 13.6 Å². The summed E-state index contributed by atoms with van der Waals surface area (Å²) < 4.78 is 12.8. The van der Waals surface area contributed by atoms with Crippen molar-refractivity contribution in [1.82, 2.24) is 9.97 Å². The minimum Gasteiger partial charge on any atom is -0.406 e. The number of aryl methyl sites for hydroxylation is 1. The van der Waals surface area contributed by atoms with E-state index in [-0.39, 0.29) is 11.8 Å². The third-order valence-electron chi connectivity index (χ3n) is 6.12. The summed E-state index contributed by atoms with van der Waals surface area (Å²) in [5.74, 6) is 1.46. The SMILES string of the molecule is CCOP(=S)(OCC)Oc1cc(C)nc(C(C)C)n1.ClC=C1C2CCC(Cl)(C2)C1(C(Cl)(Cl)Cl)C(Cl)(Cl)Cl. The Balaban J connectivity index is 0.000000260. The highest BCUT2D eigenvalue weighted by Gasteiger charge is 2.78. The summed E-state index contributed by atoms with van der Waals surface area (Å²) in [5.41, 5.74) is 1.38. The second-order valence-corrected chi connectivity index (χ2v) is 17.4. The molecule has 0 aromatic carbocycles. The lowest BCUT2D eigenvalue weighted by atomic mass is 9.71. The van der Waals surface area contributed by atoms with Crippen molar-refractivity contribution >= 4 is 111 Å². The van der Waals surface area contributed by atoms with Crippen LogP contribution in [0.25, 0.3) is 0 Å². The molecule has 2 bridgehead atoms. The fraction of sp³-hybridized carbons (Fsp3) is 0.727. The smallest absolute Gasteiger partial charge is 0.381 e. The third kappa shape index (κ3) is 7.30. The molecule has 3 rings (SSSR count). The molecule has 2 fully saturated rings. The van der Waals surface area contributed by atoms with Crippen LogP contribution in [0.15, 0.2) is 17.2 Å². The van der Waals surface area contributed by atoms with Crippen molar-refractivity contribution in [1.29, 1.82) is 0 Å². The summed E-state index contributed by atoms with van der Waals surface area (Å²) >= 11 is 54.7. The van der Waals surface area contributed by atoms with Gasteiger partial charge >= 0.3 is 6.72 Å². The van der Waals surface area contributed by atoms with Crippen LogP contribution in [0.4, 0.5) is 0 Å². The number of fused-ring (bicyclic) bond motifs is 2. The van der Waals surface area contributed by atoms with E-state index >= 15 is 0 Å². The van der Waals surface area contributed by atoms with E-state index in [0.29, 0.717) is 37.5 Å². The molecule has 1 heterocycles. The van der Waals surface area contributed by atoms with Gasteiger partial charge in [0, 0.05) is 35.0 Å². The number of halogens is 8. The van der Waals surface area contributed by atoms with Gasteiger partial charge in [0.15, 0.2) is 0 Å². The maximum atomic E-state index is 6.66. The highest BCUT2D eigenvalue weighted by Crippen LogP contribution is 2.78. The molecule has 0 amide bonds. The van der Waals surface area contributed by atoms with Crippen LogP contribution in [0.5, 0.6) is 5.88 Å². The molecular weight excluding hydrogens is 687 g/mol. The van der Waals surface area contributed by atoms with Gasteiger partial charge in [-0.25, -0.2) is 4.98 Å². The fourth-order valence-electron chi connectivity index (χ4n) is 4.72. The van der Waals surface area contributed by atoms with E-state index in [4.69, 9.17) is 118 Å². The predicted molar refractivity (Wildman–Crippen MR) is 162 cm³/mol. The second kappa shape index (κ2) is 13.2. The highest BCUT2D eigenvalue weighted by molar-refractivity contribution is 8.07. The molecule has 2 aliphatic carbocycles. The third-order valence-corrected chi connectivity index (χ3v) is 11.1. The largest absolute Gasteiger partial charge is 0.406 e. The lowest BCUT2D eigenvalue weighted by Gasteiger charge is -2.52. The molecule has 2 unspecified atom stereocenters. The Bertz CT molecular complexity index is 1010. The van der Waals surface area contributed by atoms with Crippen molar-refractivity contribution in [3.63, 3.8) is 0 Å². The number of alkyl halides is 7. The van der Waals surface area contributed by atoms with E-state index in [1.807, 2.05) is 34.6 Å². The first-order chi connectivity index (χ1) is 16.9. The highest BCUT2D eigenvalue weighted by atomic mass is 35.6. The van der Waals surface area contributed by atoms with Crippen molar-refractivity contribution in [3.8, 4) is 5.88 Å². The zero-order valence-corrected chi connectivity index (χ0v) is 28.6. The Hall–Kier alpha value is 1.51. The maximum absolute atomic E-state index is 6.66. The number of allylic oxidation sites excluding steroid dienone is 1. The first-order valence-electron chi connectivity index (χ1n) is 11.5. The van der Waals surface area contributed by atoms with E-state index in [9.17, 15) is 0 Å². The summed E-state index contributed by atoms with van der Waals surface area (Å²) in [6.45, 7) is 7.78. The molecule has 37 heavy (non-hydrogen) atoms. The van der Waals surface area contributed by atoms with Crippen molar-refractivity contribution in [3.05, 3.63) is 28.7 Å². The molecule has 0 aliphatic heterocycles. The van der Waals surface area contributed by atoms with Crippen molar-refractivity contribution in [2.45, 2.75) is 72.3 Å². The average Bonchev–Trinajstić information content (AvgIpc) is 3.24. The number of hydrogen-bond acceptors (Lipinski definition) is 6. The van der Waals surface area contributed by atoms with Crippen LogP contribution in [0.2, 0.25) is 0 Å². The molecule has 15 heteroatoms. The summed E-state index contributed by atoms with van der Waals surface area (Å²) in [6, 6.07) is 1.74. The number of nitrogens with zero attached hydrogens (tertiary/aromatic N) is 2. The van der Waals surface area contributed by atoms with E-state index in [1.54, 1.807) is 6.07 Å². The summed E-state index contributed by atoms with van der Waals surface area (Å²) in [4.78, 5) is 7.80. The Morgan fingerprint density at radius 2 is 1.65 bits per heavy atom. The lowest BCUT2D eigenvalue weighted by molar-refractivity contribution is 0.215. The molecule has 2 saturated carbocycles. The van der Waals surface area contributed by atoms with Crippen LogP contribution in [0.1, 0.15) is 64.4 Å². The predicted octanol–water partition coefficient (Wildman–Crippen LogP) is 10.2. The summed E-state index contributed by atoms with van der Waals surface area (Å²) in [6.07, 6.45) is 2.06. The molecule has 2 atom stereocenters. The molecule has 0 radical (unpaired) electrons. The zero-order chi connectivity index (χ0) is 28.4. The molecule has 0 saturated heterocycles. The minimum absolute atomic E-state index is 0.0891. The quantitative estimate of drug-likeness (QED) is 0.207. The Morgan fingerprint density at radius 1 is 1.11 bits per heavy atom. The standard InChI is InChI=1S/C12H21N2O3PS.C10H8Cl8/c1-6-15-18(19,16-7-2)17-11-8-10(5)13-12(14-11)9(3)4;11-4-6-5-1-2-7(12,3-5)8(6,9(13,14)15)10(16,17)18/h8-9H,6-7H2,1-5H3;4-5H,1-3H2. The van der Waals surface area contributed by atoms with E-state index in [0.717, 1.165) is 17.9 Å². The molecule has 212 valence electrons. The van der Waals surface area contributed by atoms with E-state index in [1.165, 1.54) is 5.54 Å². The number of hydrogen-bond donors (Lipinski definition) is 0. The maximum Gasteiger partial charge on any atom is 0.381 e. The van der Waals surface area contributed by atoms with Crippen LogP contribution < -0.4 is 4.52 Å². The van der Waals surface area contributed by atoms with Crippen LogP contribution in [0.3, 0.4) is 0 Å². The van der Waals surface area contributed by atoms with Gasteiger partial charge in [-0.05, 0) is 51.5 Å². The normalized spacial score (nSPS) is 24.4. The average molecular weight is 716 g/mol. The molecule has 0 N–H and O–H groups in total. The first-order valence-corrected chi connectivity index (χ1v) is 17.1. The topological polar surface area (TPSA) is 53.5 Å². The molecule has 0 spiro atoms. The van der Waals surface area contributed by atoms with Gasteiger partial charge in [-0.15, -0.1) is 11.6 Å². The van der Waals surface area contributed by atoms with Crippen molar-refractivity contribution in [2.24, 2.45) is 11.3 Å².